The van der Waals surface area contributed by atoms with E-state index in [9.17, 15) is 4.79 Å². The number of carbonyl (C=O) groups excluding carboxylic acids is 1. The van der Waals surface area contributed by atoms with Crippen molar-refractivity contribution in [2.75, 3.05) is 13.7 Å². The predicted molar refractivity (Wildman–Crippen MR) is 103 cm³/mol. The van der Waals surface area contributed by atoms with Crippen LogP contribution in [0.4, 0.5) is 0 Å². The lowest BCUT2D eigenvalue weighted by atomic mass is 10.2. The van der Waals surface area contributed by atoms with Crippen LogP contribution < -0.4 is 10.1 Å². The summed E-state index contributed by atoms with van der Waals surface area (Å²) in [6.07, 6.45) is 1.38. The van der Waals surface area contributed by atoms with Crippen LogP contribution in [0, 0.1) is 0 Å². The fourth-order valence-corrected chi connectivity index (χ4v) is 3.51. The normalized spacial score (nSPS) is 16.6. The number of methoxy groups -OCH3 is 1. The van der Waals surface area contributed by atoms with Crippen molar-refractivity contribution in [1.82, 2.24) is 14.9 Å². The van der Waals surface area contributed by atoms with Crippen LogP contribution in [0.2, 0.25) is 0 Å². The van der Waals surface area contributed by atoms with Crippen molar-refractivity contribution in [3.05, 3.63) is 59.9 Å². The Morgan fingerprint density at radius 3 is 2.89 bits per heavy atom. The maximum Gasteiger partial charge on any atom is 0.249 e. The number of benzene rings is 2. The first kappa shape index (κ1) is 17.5. The minimum Gasteiger partial charge on any atom is -0.496 e. The number of ether oxygens (including phenoxy) is 2. The highest BCUT2D eigenvalue weighted by atomic mass is 16.5. The van der Waals surface area contributed by atoms with Crippen molar-refractivity contribution in [2.24, 2.45) is 0 Å². The molecule has 1 unspecified atom stereocenters. The van der Waals surface area contributed by atoms with Crippen LogP contribution in [0.25, 0.3) is 11.0 Å². The van der Waals surface area contributed by atoms with Gasteiger partial charge in [-0.2, -0.15) is 0 Å². The molecule has 2 aromatic carbocycles. The molecule has 4 rings (SSSR count). The van der Waals surface area contributed by atoms with Crippen LogP contribution in [0.5, 0.6) is 5.75 Å². The Morgan fingerprint density at radius 2 is 2.07 bits per heavy atom. The highest BCUT2D eigenvalue weighted by Crippen LogP contribution is 2.23. The zero-order valence-corrected chi connectivity index (χ0v) is 15.4. The molecule has 140 valence electrons. The molecule has 6 nitrogen and oxygen atoms in total. The van der Waals surface area contributed by atoms with Gasteiger partial charge in [-0.1, -0.05) is 30.3 Å². The third-order valence-corrected chi connectivity index (χ3v) is 4.90. The van der Waals surface area contributed by atoms with Crippen LogP contribution in [0.15, 0.2) is 48.5 Å². The maximum atomic E-state index is 12.3. The zero-order valence-electron chi connectivity index (χ0n) is 15.4. The second-order valence-corrected chi connectivity index (χ2v) is 6.63. The summed E-state index contributed by atoms with van der Waals surface area (Å²) in [7, 11) is 1.67. The summed E-state index contributed by atoms with van der Waals surface area (Å²) in [6, 6.07) is 15.9. The molecular weight excluding hydrogens is 342 g/mol. The van der Waals surface area contributed by atoms with E-state index in [0.29, 0.717) is 19.7 Å². The predicted octanol–water partition coefficient (Wildman–Crippen LogP) is 2.89. The average Bonchev–Trinajstić information content (AvgIpc) is 3.35. The monoisotopic (exact) mass is 365 g/mol. The summed E-state index contributed by atoms with van der Waals surface area (Å²) >= 11 is 0. The molecule has 0 bridgehead atoms. The van der Waals surface area contributed by atoms with Crippen molar-refractivity contribution in [1.29, 1.82) is 0 Å². The van der Waals surface area contributed by atoms with Crippen LogP contribution in [0.1, 0.15) is 24.2 Å². The highest BCUT2D eigenvalue weighted by Gasteiger charge is 2.24. The lowest BCUT2D eigenvalue weighted by molar-refractivity contribution is -0.130. The molecule has 6 heteroatoms. The number of rotatable bonds is 6. The van der Waals surface area contributed by atoms with Gasteiger partial charge in [0.25, 0.3) is 0 Å². The van der Waals surface area contributed by atoms with Gasteiger partial charge in [-0.15, -0.1) is 0 Å². The minimum atomic E-state index is -0.336. The fourth-order valence-electron chi connectivity index (χ4n) is 3.51. The zero-order chi connectivity index (χ0) is 18.6. The quantitative estimate of drug-likeness (QED) is 0.729. The Hall–Kier alpha value is -2.86. The minimum absolute atomic E-state index is 0.0663. The van der Waals surface area contributed by atoms with E-state index in [1.807, 2.05) is 48.5 Å². The Bertz CT molecular complexity index is 945. The molecule has 1 aliphatic rings. The van der Waals surface area contributed by atoms with Crippen molar-refractivity contribution in [3.8, 4) is 5.75 Å². The molecule has 0 radical (unpaired) electrons. The SMILES string of the molecule is COc1ccccc1Cn1c(CNC(=O)C2CCCO2)nc2ccccc21. The first-order valence-corrected chi connectivity index (χ1v) is 9.21. The van der Waals surface area contributed by atoms with Gasteiger partial charge in [-0.05, 0) is 31.0 Å². The van der Waals surface area contributed by atoms with E-state index in [-0.39, 0.29) is 12.0 Å². The van der Waals surface area contributed by atoms with Crippen molar-refractivity contribution in [3.63, 3.8) is 0 Å². The molecule has 3 aromatic rings. The second-order valence-electron chi connectivity index (χ2n) is 6.63. The lowest BCUT2D eigenvalue weighted by Crippen LogP contribution is -2.34. The Balaban J connectivity index is 1.62. The van der Waals surface area contributed by atoms with Crippen molar-refractivity contribution in [2.45, 2.75) is 32.0 Å². The van der Waals surface area contributed by atoms with Crippen LogP contribution in [-0.2, 0) is 22.6 Å². The standard InChI is InChI=1S/C21H23N3O3/c1-26-18-10-5-2-7-15(18)14-24-17-9-4-3-8-16(17)23-20(24)13-22-21(25)19-11-6-12-27-19/h2-5,7-10,19H,6,11-14H2,1H3,(H,22,25). The molecule has 0 spiro atoms. The Kier molecular flexibility index (Phi) is 5.07. The van der Waals surface area contributed by atoms with E-state index >= 15 is 0 Å². The lowest BCUT2D eigenvalue weighted by Gasteiger charge is -2.14. The summed E-state index contributed by atoms with van der Waals surface area (Å²) in [5.74, 6) is 1.58. The molecule has 1 N–H and O–H groups in total. The molecule has 1 aromatic heterocycles. The number of nitrogens with one attached hydrogen (secondary N) is 1. The van der Waals surface area contributed by atoms with E-state index in [1.54, 1.807) is 7.11 Å². The third-order valence-electron chi connectivity index (χ3n) is 4.90. The number of hydrogen-bond acceptors (Lipinski definition) is 4. The van der Waals surface area contributed by atoms with Gasteiger partial charge in [0, 0.05) is 12.2 Å². The first-order valence-electron chi connectivity index (χ1n) is 9.21. The Morgan fingerprint density at radius 1 is 1.26 bits per heavy atom. The van der Waals surface area contributed by atoms with E-state index < -0.39 is 0 Å². The van der Waals surface area contributed by atoms with Gasteiger partial charge in [-0.25, -0.2) is 4.98 Å². The average molecular weight is 365 g/mol. The van der Waals surface area contributed by atoms with E-state index in [0.717, 1.165) is 41.0 Å². The van der Waals surface area contributed by atoms with E-state index in [4.69, 9.17) is 14.5 Å². The molecule has 0 aliphatic carbocycles. The number of para-hydroxylation sites is 3. The number of imidazole rings is 1. The van der Waals surface area contributed by atoms with Gasteiger partial charge in [0.1, 0.15) is 17.7 Å². The van der Waals surface area contributed by atoms with Crippen LogP contribution >= 0.6 is 0 Å². The summed E-state index contributed by atoms with van der Waals surface area (Å²) in [6.45, 7) is 1.64. The maximum absolute atomic E-state index is 12.3. The molecule has 1 aliphatic heterocycles. The Labute approximate surface area is 158 Å². The van der Waals surface area contributed by atoms with Gasteiger partial charge in [-0.3, -0.25) is 4.79 Å². The molecule has 1 amide bonds. The molecule has 0 saturated carbocycles. The molecule has 27 heavy (non-hydrogen) atoms. The summed E-state index contributed by atoms with van der Waals surface area (Å²) in [5, 5.41) is 2.98. The topological polar surface area (TPSA) is 65.4 Å². The number of carbonyl (C=O) groups is 1. The van der Waals surface area contributed by atoms with E-state index in [2.05, 4.69) is 9.88 Å². The summed E-state index contributed by atoms with van der Waals surface area (Å²) in [5.41, 5.74) is 3.01. The van der Waals surface area contributed by atoms with Crippen molar-refractivity contribution >= 4 is 16.9 Å². The van der Waals surface area contributed by atoms with Crippen molar-refractivity contribution < 1.29 is 14.3 Å². The summed E-state index contributed by atoms with van der Waals surface area (Å²) < 4.78 is 13.1. The molecule has 1 fully saturated rings. The highest BCUT2D eigenvalue weighted by molar-refractivity contribution is 5.81. The number of amides is 1. The number of hydrogen-bond donors (Lipinski definition) is 1. The van der Waals surface area contributed by atoms with Crippen LogP contribution in [-0.4, -0.2) is 35.3 Å². The largest absolute Gasteiger partial charge is 0.496 e. The van der Waals surface area contributed by atoms with Gasteiger partial charge in [0.15, 0.2) is 0 Å². The van der Waals surface area contributed by atoms with Gasteiger partial charge >= 0.3 is 0 Å². The smallest absolute Gasteiger partial charge is 0.249 e. The third kappa shape index (κ3) is 3.66. The van der Waals surface area contributed by atoms with Gasteiger partial charge in [0.05, 0.1) is 31.2 Å². The first-order chi connectivity index (χ1) is 13.3. The van der Waals surface area contributed by atoms with Crippen LogP contribution in [0.3, 0.4) is 0 Å². The molecular formula is C21H23N3O3. The molecule has 2 heterocycles. The number of aromatic nitrogens is 2. The molecule has 1 saturated heterocycles. The summed E-state index contributed by atoms with van der Waals surface area (Å²) in [4.78, 5) is 17.0. The number of fused-ring (bicyclic) bond motifs is 1. The number of nitrogens with zero attached hydrogens (tertiary/aromatic N) is 2. The van der Waals surface area contributed by atoms with Gasteiger partial charge < -0.3 is 19.4 Å². The second kappa shape index (κ2) is 7.80. The fraction of sp³-hybridized carbons (Fsp3) is 0.333. The molecule has 1 atom stereocenters. The van der Waals surface area contributed by atoms with E-state index in [1.165, 1.54) is 0 Å². The van der Waals surface area contributed by atoms with Gasteiger partial charge in [0.2, 0.25) is 5.91 Å².